The summed E-state index contributed by atoms with van der Waals surface area (Å²) in [5, 5.41) is 15.6. The summed E-state index contributed by atoms with van der Waals surface area (Å²) >= 11 is 0. The summed E-state index contributed by atoms with van der Waals surface area (Å²) in [6, 6.07) is 12.3. The maximum absolute atomic E-state index is 11.9. The van der Waals surface area contributed by atoms with E-state index in [1.165, 1.54) is 7.11 Å². The highest BCUT2D eigenvalue weighted by Crippen LogP contribution is 2.32. The van der Waals surface area contributed by atoms with Crippen LogP contribution in [0.25, 0.3) is 0 Å². The zero-order chi connectivity index (χ0) is 17.6. The minimum atomic E-state index is -0.854. The Morgan fingerprint density at radius 3 is 2.84 bits per heavy atom. The molecular formula is C18H20N2O5. The molecule has 1 atom stereocenters. The molecule has 0 saturated carbocycles. The van der Waals surface area contributed by atoms with Gasteiger partial charge in [0.2, 0.25) is 6.79 Å². The number of ether oxygens (including phenoxy) is 3. The van der Waals surface area contributed by atoms with Crippen LogP contribution in [0.1, 0.15) is 17.2 Å². The van der Waals surface area contributed by atoms with Gasteiger partial charge in [-0.25, -0.2) is 4.79 Å². The fraction of sp³-hybridized carbons (Fsp3) is 0.278. The van der Waals surface area contributed by atoms with Gasteiger partial charge in [-0.1, -0.05) is 24.3 Å². The van der Waals surface area contributed by atoms with Crippen LogP contribution in [0.3, 0.4) is 0 Å². The maximum Gasteiger partial charge on any atom is 0.315 e. The second kappa shape index (κ2) is 7.76. The molecule has 1 heterocycles. The Morgan fingerprint density at radius 1 is 1.20 bits per heavy atom. The standard InChI is InChI=1S/C18H20N2O5/c1-23-15-5-3-2-4-13(15)14(21)10-20-18(22)19-9-12-6-7-16-17(8-12)25-11-24-16/h2-8,14,21H,9-11H2,1H3,(H2,19,20,22)/t14-/m0/s1. The Bertz CT molecular complexity index is 750. The van der Waals surface area contributed by atoms with Gasteiger partial charge < -0.3 is 30.0 Å². The molecule has 3 N–H and O–H groups in total. The summed E-state index contributed by atoms with van der Waals surface area (Å²) < 4.78 is 15.7. The molecule has 3 rings (SSSR count). The average molecular weight is 344 g/mol. The zero-order valence-corrected chi connectivity index (χ0v) is 13.8. The van der Waals surface area contributed by atoms with Gasteiger partial charge in [0.15, 0.2) is 11.5 Å². The van der Waals surface area contributed by atoms with Gasteiger partial charge in [0.05, 0.1) is 13.2 Å². The number of amides is 2. The number of hydrogen-bond acceptors (Lipinski definition) is 5. The van der Waals surface area contributed by atoms with Gasteiger partial charge in [-0.3, -0.25) is 0 Å². The van der Waals surface area contributed by atoms with E-state index in [4.69, 9.17) is 14.2 Å². The summed E-state index contributed by atoms with van der Waals surface area (Å²) in [6.45, 7) is 0.633. The molecule has 25 heavy (non-hydrogen) atoms. The van der Waals surface area contributed by atoms with E-state index in [-0.39, 0.29) is 19.4 Å². The number of benzene rings is 2. The molecule has 1 aliphatic rings. The highest BCUT2D eigenvalue weighted by atomic mass is 16.7. The summed E-state index contributed by atoms with van der Waals surface area (Å²) in [5.41, 5.74) is 1.52. The number of urea groups is 1. The largest absolute Gasteiger partial charge is 0.496 e. The number of nitrogens with one attached hydrogen (secondary N) is 2. The third-order valence-electron chi connectivity index (χ3n) is 3.84. The lowest BCUT2D eigenvalue weighted by atomic mass is 10.1. The molecule has 7 nitrogen and oxygen atoms in total. The van der Waals surface area contributed by atoms with Crippen molar-refractivity contribution in [2.45, 2.75) is 12.6 Å². The van der Waals surface area contributed by atoms with Gasteiger partial charge in [-0.15, -0.1) is 0 Å². The molecule has 0 radical (unpaired) electrons. The van der Waals surface area contributed by atoms with E-state index in [0.717, 1.165) is 5.56 Å². The maximum atomic E-state index is 11.9. The Kier molecular flexibility index (Phi) is 5.25. The van der Waals surface area contributed by atoms with Crippen LogP contribution in [-0.4, -0.2) is 31.6 Å². The first-order valence-electron chi connectivity index (χ1n) is 7.88. The van der Waals surface area contributed by atoms with E-state index in [0.29, 0.717) is 29.4 Å². The molecule has 0 fully saturated rings. The van der Waals surface area contributed by atoms with E-state index in [1.807, 2.05) is 24.3 Å². The van der Waals surface area contributed by atoms with Crippen LogP contribution in [-0.2, 0) is 6.54 Å². The van der Waals surface area contributed by atoms with Crippen molar-refractivity contribution in [1.82, 2.24) is 10.6 Å². The minimum Gasteiger partial charge on any atom is -0.496 e. The molecule has 0 unspecified atom stereocenters. The van der Waals surface area contributed by atoms with Crippen molar-refractivity contribution < 1.29 is 24.1 Å². The Labute approximate surface area is 145 Å². The molecular weight excluding hydrogens is 324 g/mol. The highest BCUT2D eigenvalue weighted by Gasteiger charge is 2.15. The molecule has 0 saturated heterocycles. The number of hydrogen-bond donors (Lipinski definition) is 3. The van der Waals surface area contributed by atoms with E-state index < -0.39 is 6.10 Å². The molecule has 2 amide bonds. The second-order valence-corrected chi connectivity index (χ2v) is 5.51. The van der Waals surface area contributed by atoms with Crippen LogP contribution in [0.15, 0.2) is 42.5 Å². The molecule has 132 valence electrons. The molecule has 2 aromatic rings. The fourth-order valence-electron chi connectivity index (χ4n) is 2.54. The van der Waals surface area contributed by atoms with E-state index in [2.05, 4.69) is 10.6 Å². The predicted octanol–water partition coefficient (Wildman–Crippen LogP) is 1.96. The van der Waals surface area contributed by atoms with Crippen LogP contribution in [0.5, 0.6) is 17.2 Å². The van der Waals surface area contributed by atoms with E-state index >= 15 is 0 Å². The van der Waals surface area contributed by atoms with Crippen LogP contribution in [0.4, 0.5) is 4.79 Å². The van der Waals surface area contributed by atoms with Crippen molar-refractivity contribution in [2.75, 3.05) is 20.4 Å². The van der Waals surface area contributed by atoms with Gasteiger partial charge in [-0.05, 0) is 23.8 Å². The number of aliphatic hydroxyl groups excluding tert-OH is 1. The number of fused-ring (bicyclic) bond motifs is 1. The summed E-state index contributed by atoms with van der Waals surface area (Å²) in [7, 11) is 1.54. The lowest BCUT2D eigenvalue weighted by Gasteiger charge is -2.15. The monoisotopic (exact) mass is 344 g/mol. The normalized spacial score (nSPS) is 13.2. The number of rotatable bonds is 6. The van der Waals surface area contributed by atoms with Gasteiger partial charge in [-0.2, -0.15) is 0 Å². The predicted molar refractivity (Wildman–Crippen MR) is 90.8 cm³/mol. The van der Waals surface area contributed by atoms with Crippen molar-refractivity contribution >= 4 is 6.03 Å². The molecule has 7 heteroatoms. The molecule has 0 aliphatic carbocycles. The van der Waals surface area contributed by atoms with Crippen LogP contribution in [0, 0.1) is 0 Å². The van der Waals surface area contributed by atoms with Crippen molar-refractivity contribution in [3.8, 4) is 17.2 Å². The highest BCUT2D eigenvalue weighted by molar-refractivity contribution is 5.73. The summed E-state index contributed by atoms with van der Waals surface area (Å²) in [4.78, 5) is 11.9. The minimum absolute atomic E-state index is 0.0767. The molecule has 1 aliphatic heterocycles. The molecule has 2 aromatic carbocycles. The fourth-order valence-corrected chi connectivity index (χ4v) is 2.54. The van der Waals surface area contributed by atoms with Gasteiger partial charge >= 0.3 is 6.03 Å². The molecule has 0 bridgehead atoms. The van der Waals surface area contributed by atoms with Crippen LogP contribution >= 0.6 is 0 Å². The number of aliphatic hydroxyl groups is 1. The summed E-state index contributed by atoms with van der Waals surface area (Å²) in [5.74, 6) is 1.96. The lowest BCUT2D eigenvalue weighted by Crippen LogP contribution is -2.37. The Balaban J connectivity index is 1.48. The van der Waals surface area contributed by atoms with Gasteiger partial charge in [0, 0.05) is 18.7 Å². The SMILES string of the molecule is COc1ccccc1[C@@H](O)CNC(=O)NCc1ccc2c(c1)OCO2. The average Bonchev–Trinajstić information content (AvgIpc) is 3.12. The number of carbonyl (C=O) groups excluding carboxylic acids is 1. The van der Waals surface area contributed by atoms with Crippen molar-refractivity contribution in [3.63, 3.8) is 0 Å². The second-order valence-electron chi connectivity index (χ2n) is 5.51. The van der Waals surface area contributed by atoms with Gasteiger partial charge in [0.1, 0.15) is 5.75 Å². The van der Waals surface area contributed by atoms with Crippen LogP contribution in [0.2, 0.25) is 0 Å². The van der Waals surface area contributed by atoms with E-state index in [9.17, 15) is 9.90 Å². The number of carbonyl (C=O) groups is 1. The first-order chi connectivity index (χ1) is 12.2. The number of methoxy groups -OCH3 is 1. The van der Waals surface area contributed by atoms with Gasteiger partial charge in [0.25, 0.3) is 0 Å². The number of para-hydroxylation sites is 1. The Morgan fingerprint density at radius 2 is 2.00 bits per heavy atom. The molecule has 0 spiro atoms. The van der Waals surface area contributed by atoms with E-state index in [1.54, 1.807) is 18.2 Å². The molecule has 0 aromatic heterocycles. The first kappa shape index (κ1) is 16.9. The summed E-state index contributed by atoms with van der Waals surface area (Å²) in [6.07, 6.45) is -0.854. The topological polar surface area (TPSA) is 89.1 Å². The zero-order valence-electron chi connectivity index (χ0n) is 13.8. The first-order valence-corrected chi connectivity index (χ1v) is 7.88. The lowest BCUT2D eigenvalue weighted by molar-refractivity contribution is 0.169. The van der Waals surface area contributed by atoms with Crippen molar-refractivity contribution in [2.24, 2.45) is 0 Å². The quantitative estimate of drug-likeness (QED) is 0.745. The van der Waals surface area contributed by atoms with Crippen molar-refractivity contribution in [1.29, 1.82) is 0 Å². The third-order valence-corrected chi connectivity index (χ3v) is 3.84. The third kappa shape index (κ3) is 4.13. The Hall–Kier alpha value is -2.93. The van der Waals surface area contributed by atoms with Crippen molar-refractivity contribution in [3.05, 3.63) is 53.6 Å². The van der Waals surface area contributed by atoms with Crippen LogP contribution < -0.4 is 24.8 Å². The smallest absolute Gasteiger partial charge is 0.315 e.